The van der Waals surface area contributed by atoms with Crippen LogP contribution in [0.2, 0.25) is 0 Å². The molecule has 1 heterocycles. The maximum atomic E-state index is 11.4. The van der Waals surface area contributed by atoms with Gasteiger partial charge in [0.05, 0.1) is 5.69 Å². The summed E-state index contributed by atoms with van der Waals surface area (Å²) < 4.78 is 0. The number of aryl methyl sites for hydroxylation is 1. The number of hydrogen-bond acceptors (Lipinski definition) is 4. The zero-order valence-electron chi connectivity index (χ0n) is 8.55. The van der Waals surface area contributed by atoms with Gasteiger partial charge >= 0.3 is 0 Å². The van der Waals surface area contributed by atoms with Gasteiger partial charge in [-0.25, -0.2) is 4.98 Å². The fraction of sp³-hybridized carbons (Fsp3) is 0.556. The van der Waals surface area contributed by atoms with Crippen molar-refractivity contribution in [2.45, 2.75) is 20.3 Å². The van der Waals surface area contributed by atoms with Gasteiger partial charge in [0.1, 0.15) is 0 Å². The fourth-order valence-electron chi connectivity index (χ4n) is 1.20. The van der Waals surface area contributed by atoms with Gasteiger partial charge < -0.3 is 11.1 Å². The van der Waals surface area contributed by atoms with Gasteiger partial charge in [0.2, 0.25) is 5.95 Å². The zero-order valence-corrected chi connectivity index (χ0v) is 8.55. The van der Waals surface area contributed by atoms with E-state index in [2.05, 4.69) is 15.3 Å². The summed E-state index contributed by atoms with van der Waals surface area (Å²) >= 11 is 0. The van der Waals surface area contributed by atoms with Crippen LogP contribution in [-0.2, 0) is 6.42 Å². The van der Waals surface area contributed by atoms with Gasteiger partial charge in [-0.3, -0.25) is 9.78 Å². The molecule has 0 unspecified atom stereocenters. The first-order valence-corrected chi connectivity index (χ1v) is 4.72. The maximum Gasteiger partial charge on any atom is 0.255 e. The van der Waals surface area contributed by atoms with E-state index < -0.39 is 0 Å². The van der Waals surface area contributed by atoms with Crippen molar-refractivity contribution in [3.63, 3.8) is 0 Å². The van der Waals surface area contributed by atoms with Crippen LogP contribution in [-0.4, -0.2) is 23.1 Å². The first-order chi connectivity index (χ1) is 6.69. The van der Waals surface area contributed by atoms with Gasteiger partial charge in [-0.2, -0.15) is 0 Å². The van der Waals surface area contributed by atoms with Gasteiger partial charge in [0.15, 0.2) is 0 Å². The molecule has 4 N–H and O–H groups in total. The van der Waals surface area contributed by atoms with Crippen LogP contribution in [0.3, 0.4) is 0 Å². The third-order valence-corrected chi connectivity index (χ3v) is 2.02. The third-order valence-electron chi connectivity index (χ3n) is 2.02. The van der Waals surface area contributed by atoms with Gasteiger partial charge in [-0.05, 0) is 13.3 Å². The molecule has 0 aliphatic heterocycles. The average Bonchev–Trinajstić information content (AvgIpc) is 2.19. The second-order valence-corrected chi connectivity index (χ2v) is 3.06. The molecule has 0 aliphatic rings. The molecule has 14 heavy (non-hydrogen) atoms. The summed E-state index contributed by atoms with van der Waals surface area (Å²) in [6.45, 7) is 4.87. The van der Waals surface area contributed by atoms with Crippen molar-refractivity contribution < 1.29 is 0 Å². The minimum atomic E-state index is -0.0867. The number of aromatic nitrogens is 2. The number of aromatic amines is 1. The van der Waals surface area contributed by atoms with E-state index in [1.807, 2.05) is 6.92 Å². The summed E-state index contributed by atoms with van der Waals surface area (Å²) in [4.78, 5) is 18.3. The Kier molecular flexibility index (Phi) is 3.64. The highest BCUT2D eigenvalue weighted by molar-refractivity contribution is 5.29. The smallest absolute Gasteiger partial charge is 0.255 e. The van der Waals surface area contributed by atoms with Crippen molar-refractivity contribution in [3.05, 3.63) is 21.6 Å². The fourth-order valence-corrected chi connectivity index (χ4v) is 1.20. The van der Waals surface area contributed by atoms with E-state index in [1.54, 1.807) is 6.92 Å². The van der Waals surface area contributed by atoms with Crippen molar-refractivity contribution in [2.24, 2.45) is 5.73 Å². The quantitative estimate of drug-likeness (QED) is 0.633. The molecule has 0 amide bonds. The topological polar surface area (TPSA) is 83.8 Å². The lowest BCUT2D eigenvalue weighted by Gasteiger charge is -2.06. The summed E-state index contributed by atoms with van der Waals surface area (Å²) in [6.07, 6.45) is 0.757. The van der Waals surface area contributed by atoms with E-state index in [1.165, 1.54) is 0 Å². The van der Waals surface area contributed by atoms with Crippen molar-refractivity contribution in [1.29, 1.82) is 0 Å². The summed E-state index contributed by atoms with van der Waals surface area (Å²) in [5, 5.41) is 2.95. The second kappa shape index (κ2) is 4.76. The molecule has 1 aromatic heterocycles. The predicted molar refractivity (Wildman–Crippen MR) is 56.5 cm³/mol. The molecule has 0 atom stereocenters. The van der Waals surface area contributed by atoms with Crippen LogP contribution in [0.25, 0.3) is 0 Å². The van der Waals surface area contributed by atoms with E-state index in [0.717, 1.165) is 12.1 Å². The van der Waals surface area contributed by atoms with Crippen LogP contribution < -0.4 is 16.6 Å². The summed E-state index contributed by atoms with van der Waals surface area (Å²) in [7, 11) is 0. The van der Waals surface area contributed by atoms with Crippen molar-refractivity contribution in [1.82, 2.24) is 9.97 Å². The van der Waals surface area contributed by atoms with Crippen molar-refractivity contribution in [2.75, 3.05) is 18.4 Å². The second-order valence-electron chi connectivity index (χ2n) is 3.06. The molecule has 1 aromatic rings. The molecule has 0 fully saturated rings. The Hall–Kier alpha value is -1.36. The normalized spacial score (nSPS) is 10.2. The van der Waals surface area contributed by atoms with Gasteiger partial charge in [0.25, 0.3) is 5.56 Å². The van der Waals surface area contributed by atoms with Crippen LogP contribution in [0.15, 0.2) is 4.79 Å². The number of anilines is 1. The molecule has 0 saturated heterocycles. The van der Waals surface area contributed by atoms with E-state index >= 15 is 0 Å². The SMILES string of the molecule is CCc1nc(NCCN)[nH]c(=O)c1C. The third kappa shape index (κ3) is 2.32. The first kappa shape index (κ1) is 10.7. The maximum absolute atomic E-state index is 11.4. The van der Waals surface area contributed by atoms with Crippen LogP contribution >= 0.6 is 0 Å². The predicted octanol–water partition coefficient (Wildman–Crippen LogP) is 0.0113. The number of nitrogens with one attached hydrogen (secondary N) is 2. The number of nitrogens with two attached hydrogens (primary N) is 1. The highest BCUT2D eigenvalue weighted by atomic mass is 16.1. The molecule has 5 heteroatoms. The van der Waals surface area contributed by atoms with Crippen LogP contribution in [0, 0.1) is 6.92 Å². The highest BCUT2D eigenvalue weighted by Gasteiger charge is 2.04. The molecule has 0 spiro atoms. The molecule has 0 radical (unpaired) electrons. The van der Waals surface area contributed by atoms with E-state index in [-0.39, 0.29) is 5.56 Å². The van der Waals surface area contributed by atoms with Crippen molar-refractivity contribution in [3.8, 4) is 0 Å². The number of hydrogen-bond donors (Lipinski definition) is 3. The molecule has 0 aliphatic carbocycles. The number of H-pyrrole nitrogens is 1. The van der Waals surface area contributed by atoms with Crippen LogP contribution in [0.1, 0.15) is 18.2 Å². The highest BCUT2D eigenvalue weighted by Crippen LogP contribution is 2.02. The largest absolute Gasteiger partial charge is 0.354 e. The number of rotatable bonds is 4. The van der Waals surface area contributed by atoms with Gasteiger partial charge in [-0.1, -0.05) is 6.92 Å². The van der Waals surface area contributed by atoms with E-state index in [9.17, 15) is 4.79 Å². The lowest BCUT2D eigenvalue weighted by atomic mass is 10.2. The minimum Gasteiger partial charge on any atom is -0.354 e. The zero-order chi connectivity index (χ0) is 10.6. The lowest BCUT2D eigenvalue weighted by Crippen LogP contribution is -2.21. The molecule has 0 bridgehead atoms. The summed E-state index contributed by atoms with van der Waals surface area (Å²) in [5.74, 6) is 0.503. The molecule has 0 aromatic carbocycles. The summed E-state index contributed by atoms with van der Waals surface area (Å²) in [5.41, 5.74) is 6.76. The molecular weight excluding hydrogens is 180 g/mol. The van der Waals surface area contributed by atoms with Gasteiger partial charge in [0, 0.05) is 18.7 Å². The van der Waals surface area contributed by atoms with Crippen LogP contribution in [0.5, 0.6) is 0 Å². The Morgan fingerprint density at radius 1 is 1.57 bits per heavy atom. The molecule has 5 nitrogen and oxygen atoms in total. The Morgan fingerprint density at radius 2 is 2.29 bits per heavy atom. The molecule has 1 rings (SSSR count). The standard InChI is InChI=1S/C9H16N4O/c1-3-7-6(2)8(14)13-9(12-7)11-5-4-10/h3-5,10H2,1-2H3,(H2,11,12,13,14). The Balaban J connectivity index is 2.98. The Morgan fingerprint density at radius 3 is 2.86 bits per heavy atom. The monoisotopic (exact) mass is 196 g/mol. The van der Waals surface area contributed by atoms with E-state index in [0.29, 0.717) is 24.6 Å². The van der Waals surface area contributed by atoms with E-state index in [4.69, 9.17) is 5.73 Å². The first-order valence-electron chi connectivity index (χ1n) is 4.72. The Bertz CT molecular complexity index is 358. The molecule has 0 saturated carbocycles. The Labute approximate surface area is 82.7 Å². The average molecular weight is 196 g/mol. The number of nitrogens with zero attached hydrogens (tertiary/aromatic N) is 1. The molecular formula is C9H16N4O. The van der Waals surface area contributed by atoms with Crippen molar-refractivity contribution >= 4 is 5.95 Å². The molecule has 78 valence electrons. The summed E-state index contributed by atoms with van der Waals surface area (Å²) in [6, 6.07) is 0. The van der Waals surface area contributed by atoms with Gasteiger partial charge in [-0.15, -0.1) is 0 Å². The lowest BCUT2D eigenvalue weighted by molar-refractivity contribution is 0.922. The minimum absolute atomic E-state index is 0.0867. The van der Waals surface area contributed by atoms with Crippen LogP contribution in [0.4, 0.5) is 5.95 Å².